The van der Waals surface area contributed by atoms with Crippen molar-refractivity contribution in [2.24, 2.45) is 15.9 Å². The van der Waals surface area contributed by atoms with Gasteiger partial charge in [0.15, 0.2) is 0 Å². The van der Waals surface area contributed by atoms with E-state index < -0.39 is 16.9 Å². The van der Waals surface area contributed by atoms with E-state index in [-0.39, 0.29) is 24.3 Å². The Morgan fingerprint density at radius 3 is 2.56 bits per heavy atom. The zero-order valence-electron chi connectivity index (χ0n) is 17.3. The van der Waals surface area contributed by atoms with Crippen LogP contribution >= 0.6 is 0 Å². The number of carbonyl (C=O) groups excluding carboxylic acids is 3. The number of piperidine rings is 1. The van der Waals surface area contributed by atoms with E-state index in [0.29, 0.717) is 32.5 Å². The summed E-state index contributed by atoms with van der Waals surface area (Å²) in [7, 11) is 1.65. The van der Waals surface area contributed by atoms with Gasteiger partial charge in [-0.05, 0) is 13.3 Å². The number of hydrogen-bond acceptors (Lipinski definition) is 5. The fourth-order valence-electron chi connectivity index (χ4n) is 3.51. The lowest BCUT2D eigenvalue weighted by molar-refractivity contribution is -0.144. The first kappa shape index (κ1) is 21.3. The highest BCUT2D eigenvalue weighted by Gasteiger charge is 2.52. The van der Waals surface area contributed by atoms with Crippen molar-refractivity contribution in [3.05, 3.63) is 0 Å². The van der Waals surface area contributed by atoms with Gasteiger partial charge in [-0.15, -0.1) is 0 Å². The Kier molecular flexibility index (Phi) is 6.29. The van der Waals surface area contributed by atoms with Gasteiger partial charge in [0, 0.05) is 38.6 Å². The van der Waals surface area contributed by atoms with Crippen LogP contribution in [0.25, 0.3) is 0 Å². The topological polar surface area (TPSA) is 91.3 Å². The Morgan fingerprint density at radius 2 is 2.00 bits per heavy atom. The molecule has 0 aromatic rings. The quantitative estimate of drug-likeness (QED) is 0.744. The van der Waals surface area contributed by atoms with Crippen LogP contribution in [0.5, 0.6) is 0 Å². The molecule has 0 aliphatic carbocycles. The first-order valence-corrected chi connectivity index (χ1v) is 9.60. The first-order chi connectivity index (χ1) is 12.6. The molecule has 2 rings (SSSR count). The second kappa shape index (κ2) is 7.96. The van der Waals surface area contributed by atoms with Crippen molar-refractivity contribution in [2.75, 3.05) is 33.4 Å². The minimum atomic E-state index is -0.765. The van der Waals surface area contributed by atoms with Crippen LogP contribution < -0.4 is 5.32 Å². The van der Waals surface area contributed by atoms with Gasteiger partial charge in [0.05, 0.1) is 12.3 Å². The molecule has 27 heavy (non-hydrogen) atoms. The summed E-state index contributed by atoms with van der Waals surface area (Å²) in [5.74, 6) is -0.491. The average molecular weight is 380 g/mol. The summed E-state index contributed by atoms with van der Waals surface area (Å²) in [5.41, 5.74) is -0.504. The molecular weight excluding hydrogens is 348 g/mol. The fourth-order valence-corrected chi connectivity index (χ4v) is 3.51. The molecule has 3 amide bonds. The Balaban J connectivity index is 2.19. The molecule has 8 nitrogen and oxygen atoms in total. The molecule has 0 aromatic carbocycles. The van der Waals surface area contributed by atoms with Gasteiger partial charge in [-0.2, -0.15) is 5.10 Å². The van der Waals surface area contributed by atoms with Gasteiger partial charge >= 0.3 is 0 Å². The van der Waals surface area contributed by atoms with Crippen molar-refractivity contribution in [3.63, 3.8) is 0 Å². The van der Waals surface area contributed by atoms with Gasteiger partial charge in [-0.1, -0.05) is 27.7 Å². The molecule has 152 valence electrons. The smallest absolute Gasteiger partial charge is 0.256 e. The van der Waals surface area contributed by atoms with E-state index in [4.69, 9.17) is 4.74 Å². The summed E-state index contributed by atoms with van der Waals surface area (Å²) in [5, 5.41) is 8.57. The maximum absolute atomic E-state index is 13.2. The lowest BCUT2D eigenvalue weighted by Gasteiger charge is -2.40. The number of rotatable bonds is 6. The number of ether oxygens (including phenoxy) is 1. The molecule has 1 saturated heterocycles. The monoisotopic (exact) mass is 380 g/mol. The Hall–Kier alpha value is -1.96. The van der Waals surface area contributed by atoms with Gasteiger partial charge < -0.3 is 15.0 Å². The van der Waals surface area contributed by atoms with Gasteiger partial charge in [-0.3, -0.25) is 14.4 Å². The number of amides is 3. The first-order valence-electron chi connectivity index (χ1n) is 9.60. The molecule has 0 radical (unpaired) electrons. The minimum Gasteiger partial charge on any atom is -0.379 e. The molecular formula is C19H32N4O4. The SMILES string of the molecule is CCOC[C@@H](NC(=O)C(C)(C)C)C(=O)N1CCC2=NN(C)C(=O)[C@]2(CC)C1. The lowest BCUT2D eigenvalue weighted by Crippen LogP contribution is -2.59. The molecule has 0 bridgehead atoms. The number of hydrazone groups is 1. The van der Waals surface area contributed by atoms with Crippen LogP contribution in [0.15, 0.2) is 5.10 Å². The van der Waals surface area contributed by atoms with Gasteiger partial charge in [-0.25, -0.2) is 5.01 Å². The zero-order chi connectivity index (χ0) is 20.4. The van der Waals surface area contributed by atoms with Crippen LogP contribution in [0.3, 0.4) is 0 Å². The summed E-state index contributed by atoms with van der Waals surface area (Å²) in [6.07, 6.45) is 1.15. The van der Waals surface area contributed by atoms with Crippen molar-refractivity contribution in [1.29, 1.82) is 0 Å². The van der Waals surface area contributed by atoms with Crippen LogP contribution in [0.1, 0.15) is 47.5 Å². The highest BCUT2D eigenvalue weighted by atomic mass is 16.5. The fraction of sp³-hybridized carbons (Fsp3) is 0.789. The molecule has 8 heteroatoms. The van der Waals surface area contributed by atoms with E-state index in [1.165, 1.54) is 5.01 Å². The molecule has 0 saturated carbocycles. The van der Waals surface area contributed by atoms with E-state index in [0.717, 1.165) is 5.71 Å². The number of nitrogens with zero attached hydrogens (tertiary/aromatic N) is 3. The predicted octanol–water partition coefficient (Wildman–Crippen LogP) is 1.01. The number of fused-ring (bicyclic) bond motifs is 1. The molecule has 2 atom stereocenters. The van der Waals surface area contributed by atoms with Gasteiger partial charge in [0.25, 0.3) is 5.91 Å². The maximum Gasteiger partial charge on any atom is 0.256 e. The van der Waals surface area contributed by atoms with Gasteiger partial charge in [0.1, 0.15) is 11.5 Å². The molecule has 0 aromatic heterocycles. The summed E-state index contributed by atoms with van der Waals surface area (Å²) >= 11 is 0. The molecule has 2 aliphatic rings. The summed E-state index contributed by atoms with van der Waals surface area (Å²) in [4.78, 5) is 39.9. The second-order valence-corrected chi connectivity index (χ2v) is 8.26. The standard InChI is InChI=1S/C19H32N4O4/c1-7-19-12-23(10-9-14(19)21-22(6)17(19)26)15(24)13(11-27-8-2)20-16(25)18(3,4)5/h13H,7-12H2,1-6H3,(H,20,25)/t13-,19-/m1/s1. The van der Waals surface area contributed by atoms with Crippen molar-refractivity contribution < 1.29 is 19.1 Å². The molecule has 0 unspecified atom stereocenters. The van der Waals surface area contributed by atoms with Crippen LogP contribution in [0.4, 0.5) is 0 Å². The van der Waals surface area contributed by atoms with Crippen LogP contribution in [-0.4, -0.2) is 72.7 Å². The van der Waals surface area contributed by atoms with Crippen molar-refractivity contribution in [3.8, 4) is 0 Å². The number of hydrogen-bond donors (Lipinski definition) is 1. The van der Waals surface area contributed by atoms with Crippen LogP contribution in [0.2, 0.25) is 0 Å². The molecule has 1 N–H and O–H groups in total. The lowest BCUT2D eigenvalue weighted by atomic mass is 9.75. The maximum atomic E-state index is 13.2. The third-order valence-corrected chi connectivity index (χ3v) is 5.29. The van der Waals surface area contributed by atoms with Crippen molar-refractivity contribution in [2.45, 2.75) is 53.5 Å². The average Bonchev–Trinajstić information content (AvgIpc) is 2.87. The predicted molar refractivity (Wildman–Crippen MR) is 102 cm³/mol. The van der Waals surface area contributed by atoms with Gasteiger partial charge in [0.2, 0.25) is 11.8 Å². The second-order valence-electron chi connectivity index (χ2n) is 8.26. The molecule has 1 fully saturated rings. The summed E-state index contributed by atoms with van der Waals surface area (Å²) in [6.45, 7) is 10.5. The summed E-state index contributed by atoms with van der Waals surface area (Å²) in [6, 6.07) is -0.765. The van der Waals surface area contributed by atoms with E-state index >= 15 is 0 Å². The van der Waals surface area contributed by atoms with E-state index in [1.54, 1.807) is 32.7 Å². The summed E-state index contributed by atoms with van der Waals surface area (Å²) < 4.78 is 5.44. The van der Waals surface area contributed by atoms with Crippen molar-refractivity contribution >= 4 is 23.4 Å². The van der Waals surface area contributed by atoms with Crippen LogP contribution in [-0.2, 0) is 19.1 Å². The zero-order valence-corrected chi connectivity index (χ0v) is 17.3. The minimum absolute atomic E-state index is 0.0717. The Bertz CT molecular complexity index is 640. The third-order valence-electron chi connectivity index (χ3n) is 5.29. The molecule has 0 spiro atoms. The van der Waals surface area contributed by atoms with E-state index in [9.17, 15) is 14.4 Å². The highest BCUT2D eigenvalue weighted by Crippen LogP contribution is 2.37. The van der Waals surface area contributed by atoms with Crippen LogP contribution in [0, 0.1) is 10.8 Å². The number of nitrogens with one attached hydrogen (secondary N) is 1. The molecule has 2 aliphatic heterocycles. The third kappa shape index (κ3) is 4.15. The Labute approximate surface area is 161 Å². The van der Waals surface area contributed by atoms with E-state index in [2.05, 4.69) is 10.4 Å². The normalized spacial score (nSPS) is 23.8. The number of carbonyl (C=O) groups is 3. The van der Waals surface area contributed by atoms with Crippen molar-refractivity contribution in [1.82, 2.24) is 15.2 Å². The largest absolute Gasteiger partial charge is 0.379 e. The number of likely N-dealkylation sites (tertiary alicyclic amines) is 1. The van der Waals surface area contributed by atoms with E-state index in [1.807, 2.05) is 13.8 Å². The highest BCUT2D eigenvalue weighted by molar-refractivity contribution is 6.13. The Morgan fingerprint density at radius 1 is 1.33 bits per heavy atom. The molecule has 2 heterocycles.